The molecule has 3 aliphatic heterocycles. The molecular formula is C21H23NO5. The summed E-state index contributed by atoms with van der Waals surface area (Å²) in [6, 6.07) is 11.5. The summed E-state index contributed by atoms with van der Waals surface area (Å²) in [5.41, 5.74) is 1.93. The lowest BCUT2D eigenvalue weighted by molar-refractivity contribution is -0.0785. The van der Waals surface area contributed by atoms with Gasteiger partial charge in [-0.15, -0.1) is 0 Å². The van der Waals surface area contributed by atoms with E-state index in [1.165, 1.54) is 0 Å². The second-order valence-electron chi connectivity index (χ2n) is 7.30. The van der Waals surface area contributed by atoms with Crippen LogP contribution in [0, 0.1) is 5.92 Å². The van der Waals surface area contributed by atoms with Gasteiger partial charge in [0, 0.05) is 42.1 Å². The molecule has 2 aromatic rings. The van der Waals surface area contributed by atoms with Gasteiger partial charge in [0.05, 0.1) is 13.2 Å². The van der Waals surface area contributed by atoms with E-state index in [2.05, 4.69) is 11.8 Å². The highest BCUT2D eigenvalue weighted by atomic mass is 16.7. The van der Waals surface area contributed by atoms with E-state index >= 15 is 0 Å². The highest BCUT2D eigenvalue weighted by Crippen LogP contribution is 2.51. The average Bonchev–Trinajstić information content (AvgIpc) is 3.15. The Morgan fingerprint density at radius 2 is 1.70 bits per heavy atom. The van der Waals surface area contributed by atoms with Crippen molar-refractivity contribution in [3.8, 4) is 23.0 Å². The molecule has 1 fully saturated rings. The average molecular weight is 369 g/mol. The molecule has 0 saturated carbocycles. The predicted octanol–water partition coefficient (Wildman–Crippen LogP) is 2.94. The molecular weight excluding hydrogens is 346 g/mol. The highest BCUT2D eigenvalue weighted by molar-refractivity contribution is 5.57. The maximum atomic E-state index is 10.6. The standard InChI is InChI=1S/C21H23NO5/c1-13-20(14-4-2-3-5-16(14)23)15-10-18-19(26-12-25-18)11-17(15)27-21(13)22-6-8-24-9-7-22/h2-5,10-11,13,20-21,23H,6-9,12H2,1H3/t13-,20-,21-/m1/s1. The number of phenolic OH excluding ortho intramolecular Hbond substituents is 1. The van der Waals surface area contributed by atoms with Crippen LogP contribution in [-0.4, -0.2) is 49.3 Å². The molecule has 6 heteroatoms. The highest BCUT2D eigenvalue weighted by Gasteiger charge is 2.41. The summed E-state index contributed by atoms with van der Waals surface area (Å²) in [7, 11) is 0. The van der Waals surface area contributed by atoms with E-state index in [1.54, 1.807) is 6.07 Å². The van der Waals surface area contributed by atoms with Gasteiger partial charge in [0.25, 0.3) is 0 Å². The molecule has 0 aliphatic carbocycles. The number of nitrogens with zero attached hydrogens (tertiary/aromatic N) is 1. The van der Waals surface area contributed by atoms with Crippen molar-refractivity contribution in [2.75, 3.05) is 33.1 Å². The van der Waals surface area contributed by atoms with E-state index in [4.69, 9.17) is 18.9 Å². The van der Waals surface area contributed by atoms with Crippen molar-refractivity contribution in [3.63, 3.8) is 0 Å². The smallest absolute Gasteiger partial charge is 0.231 e. The van der Waals surface area contributed by atoms with Gasteiger partial charge in [-0.3, -0.25) is 4.90 Å². The van der Waals surface area contributed by atoms with Crippen molar-refractivity contribution in [1.82, 2.24) is 4.90 Å². The van der Waals surface area contributed by atoms with Crippen molar-refractivity contribution in [3.05, 3.63) is 47.5 Å². The molecule has 2 aromatic carbocycles. The summed E-state index contributed by atoms with van der Waals surface area (Å²) in [5.74, 6) is 2.68. The molecule has 0 bridgehead atoms. The van der Waals surface area contributed by atoms with Gasteiger partial charge in [-0.2, -0.15) is 0 Å². The van der Waals surface area contributed by atoms with E-state index < -0.39 is 0 Å². The number of hydrogen-bond donors (Lipinski definition) is 1. The Hall–Kier alpha value is -2.44. The van der Waals surface area contributed by atoms with Gasteiger partial charge in [-0.1, -0.05) is 25.1 Å². The number of morpholine rings is 1. The van der Waals surface area contributed by atoms with Crippen molar-refractivity contribution in [1.29, 1.82) is 0 Å². The van der Waals surface area contributed by atoms with Gasteiger partial charge in [0.1, 0.15) is 11.5 Å². The van der Waals surface area contributed by atoms with Crippen molar-refractivity contribution in [2.24, 2.45) is 5.92 Å². The molecule has 1 saturated heterocycles. The van der Waals surface area contributed by atoms with Crippen LogP contribution in [0.2, 0.25) is 0 Å². The van der Waals surface area contributed by atoms with Gasteiger partial charge >= 0.3 is 0 Å². The zero-order valence-corrected chi connectivity index (χ0v) is 15.3. The lowest BCUT2D eigenvalue weighted by atomic mass is 9.77. The van der Waals surface area contributed by atoms with E-state index in [9.17, 15) is 5.11 Å². The number of benzene rings is 2. The maximum Gasteiger partial charge on any atom is 0.231 e. The van der Waals surface area contributed by atoms with Crippen LogP contribution < -0.4 is 14.2 Å². The largest absolute Gasteiger partial charge is 0.508 e. The molecule has 6 nitrogen and oxygen atoms in total. The summed E-state index contributed by atoms with van der Waals surface area (Å²) in [6.45, 7) is 5.50. The Bertz CT molecular complexity index is 848. The molecule has 0 spiro atoms. The number of ether oxygens (including phenoxy) is 4. The topological polar surface area (TPSA) is 60.4 Å². The molecule has 3 heterocycles. The first-order chi connectivity index (χ1) is 13.2. The molecule has 27 heavy (non-hydrogen) atoms. The van der Waals surface area contributed by atoms with Crippen LogP contribution in [0.1, 0.15) is 24.0 Å². The third-order valence-corrected chi connectivity index (χ3v) is 5.74. The lowest BCUT2D eigenvalue weighted by Crippen LogP contribution is -2.52. The summed E-state index contributed by atoms with van der Waals surface area (Å²) in [4.78, 5) is 2.33. The van der Waals surface area contributed by atoms with Crippen LogP contribution in [0.15, 0.2) is 36.4 Å². The third-order valence-electron chi connectivity index (χ3n) is 5.74. The van der Waals surface area contributed by atoms with E-state index in [-0.39, 0.29) is 24.9 Å². The van der Waals surface area contributed by atoms with Gasteiger partial charge < -0.3 is 24.1 Å². The minimum absolute atomic E-state index is 0.00250. The summed E-state index contributed by atoms with van der Waals surface area (Å²) < 4.78 is 23.1. The monoisotopic (exact) mass is 369 g/mol. The zero-order valence-electron chi connectivity index (χ0n) is 15.3. The van der Waals surface area contributed by atoms with Crippen molar-refractivity contribution in [2.45, 2.75) is 19.1 Å². The van der Waals surface area contributed by atoms with Crippen LogP contribution in [0.5, 0.6) is 23.0 Å². The number of fused-ring (bicyclic) bond motifs is 2. The van der Waals surface area contributed by atoms with Crippen molar-refractivity contribution >= 4 is 0 Å². The van der Waals surface area contributed by atoms with Crippen LogP contribution in [-0.2, 0) is 4.74 Å². The lowest BCUT2D eigenvalue weighted by Gasteiger charge is -2.44. The molecule has 3 atom stereocenters. The number of hydrogen-bond acceptors (Lipinski definition) is 6. The normalized spacial score (nSPS) is 27.1. The first kappa shape index (κ1) is 16.7. The summed E-state index contributed by atoms with van der Waals surface area (Å²) >= 11 is 0. The summed E-state index contributed by atoms with van der Waals surface area (Å²) in [5, 5.41) is 10.6. The van der Waals surface area contributed by atoms with Crippen LogP contribution in [0.4, 0.5) is 0 Å². The third kappa shape index (κ3) is 2.80. The maximum absolute atomic E-state index is 10.6. The molecule has 0 amide bonds. The molecule has 0 unspecified atom stereocenters. The Morgan fingerprint density at radius 1 is 0.963 bits per heavy atom. The zero-order chi connectivity index (χ0) is 18.4. The first-order valence-corrected chi connectivity index (χ1v) is 9.42. The van der Waals surface area contributed by atoms with Gasteiger partial charge in [-0.05, 0) is 12.1 Å². The minimum atomic E-state index is -0.0913. The molecule has 0 aromatic heterocycles. The fraction of sp³-hybridized carbons (Fsp3) is 0.429. The Kier molecular flexibility index (Phi) is 4.10. The molecule has 0 radical (unpaired) electrons. The Balaban J connectivity index is 1.62. The van der Waals surface area contributed by atoms with E-state index in [0.717, 1.165) is 35.7 Å². The minimum Gasteiger partial charge on any atom is -0.508 e. The molecule has 5 rings (SSSR count). The van der Waals surface area contributed by atoms with E-state index in [0.29, 0.717) is 24.7 Å². The van der Waals surface area contributed by atoms with Crippen LogP contribution in [0.25, 0.3) is 0 Å². The van der Waals surface area contributed by atoms with Gasteiger partial charge in [-0.25, -0.2) is 0 Å². The number of phenols is 1. The SMILES string of the molecule is C[C@@H]1[C@H](c2ccccc2O)c2cc3c(cc2O[C@H]1N1CCOCC1)OCO3. The fourth-order valence-electron chi connectivity index (χ4n) is 4.41. The summed E-state index contributed by atoms with van der Waals surface area (Å²) in [6.07, 6.45) is -0.0913. The number of para-hydroxylation sites is 1. The molecule has 3 aliphatic rings. The number of aromatic hydroxyl groups is 1. The quantitative estimate of drug-likeness (QED) is 0.878. The van der Waals surface area contributed by atoms with Crippen molar-refractivity contribution < 1.29 is 24.1 Å². The second kappa shape index (κ2) is 6.62. The first-order valence-electron chi connectivity index (χ1n) is 9.42. The Morgan fingerprint density at radius 3 is 2.48 bits per heavy atom. The van der Waals surface area contributed by atoms with E-state index in [1.807, 2.05) is 30.3 Å². The Labute approximate surface area is 158 Å². The number of rotatable bonds is 2. The van der Waals surface area contributed by atoms with Gasteiger partial charge in [0.2, 0.25) is 6.79 Å². The second-order valence-corrected chi connectivity index (χ2v) is 7.30. The van der Waals surface area contributed by atoms with Crippen LogP contribution >= 0.6 is 0 Å². The van der Waals surface area contributed by atoms with Gasteiger partial charge in [0.15, 0.2) is 17.7 Å². The molecule has 142 valence electrons. The predicted molar refractivity (Wildman–Crippen MR) is 98.5 cm³/mol. The fourth-order valence-corrected chi connectivity index (χ4v) is 4.41. The van der Waals surface area contributed by atoms with Crippen LogP contribution in [0.3, 0.4) is 0 Å². The molecule has 1 N–H and O–H groups in total.